The average Bonchev–Trinajstić information content (AvgIpc) is 2.67. The van der Waals surface area contributed by atoms with Crippen molar-refractivity contribution in [3.63, 3.8) is 0 Å². The van der Waals surface area contributed by atoms with Crippen LogP contribution in [0.2, 0.25) is 5.02 Å². The lowest BCUT2D eigenvalue weighted by Crippen LogP contribution is -2.34. The molecule has 0 aliphatic carbocycles. The third-order valence-electron chi connectivity index (χ3n) is 3.65. The van der Waals surface area contributed by atoms with Gasteiger partial charge in [-0.25, -0.2) is 0 Å². The molecule has 6 nitrogen and oxygen atoms in total. The summed E-state index contributed by atoms with van der Waals surface area (Å²) in [6.45, 7) is 0.610. The number of ether oxygens (including phenoxy) is 2. The third kappa shape index (κ3) is 6.02. The van der Waals surface area contributed by atoms with Crippen molar-refractivity contribution in [3.05, 3.63) is 52.5 Å². The van der Waals surface area contributed by atoms with Crippen LogP contribution in [-0.4, -0.2) is 38.3 Å². The van der Waals surface area contributed by atoms with E-state index in [1.54, 1.807) is 12.2 Å². The van der Waals surface area contributed by atoms with Gasteiger partial charge >= 0.3 is 6.18 Å². The maximum atomic E-state index is 12.6. The van der Waals surface area contributed by atoms with Gasteiger partial charge in [0.15, 0.2) is 11.5 Å². The summed E-state index contributed by atoms with van der Waals surface area (Å²) in [6.07, 6.45) is -4.55. The van der Waals surface area contributed by atoms with Crippen LogP contribution in [0.15, 0.2) is 36.4 Å². The lowest BCUT2D eigenvalue weighted by molar-refractivity contribution is -0.123. The second-order valence-corrected chi connectivity index (χ2v) is 6.13. The second-order valence-electron chi connectivity index (χ2n) is 5.72. The topological polar surface area (TPSA) is 76.7 Å². The van der Waals surface area contributed by atoms with Gasteiger partial charge in [-0.1, -0.05) is 23.7 Å². The molecule has 0 atom stereocenters. The molecule has 0 radical (unpaired) electrons. The zero-order valence-corrected chi connectivity index (χ0v) is 16.3. The van der Waals surface area contributed by atoms with E-state index >= 15 is 0 Å². The van der Waals surface area contributed by atoms with Crippen LogP contribution in [0, 0.1) is 0 Å². The predicted octanol–water partition coefficient (Wildman–Crippen LogP) is 4.29. The van der Waals surface area contributed by atoms with E-state index < -0.39 is 24.5 Å². The van der Waals surface area contributed by atoms with Crippen LogP contribution in [0.1, 0.15) is 27.6 Å². The Bertz CT molecular complexity index is 904. The van der Waals surface area contributed by atoms with Gasteiger partial charge in [0.25, 0.3) is 11.8 Å². The molecule has 2 N–H and O–H groups in total. The van der Waals surface area contributed by atoms with E-state index in [9.17, 15) is 22.8 Å². The minimum Gasteiger partial charge on any atom is -0.493 e. The van der Waals surface area contributed by atoms with Gasteiger partial charge in [0.2, 0.25) is 0 Å². The molecule has 0 unspecified atom stereocenters. The number of methoxy groups -OCH3 is 1. The SMILES string of the molecule is CCOc1c(Cl)cc(C(=O)Nc2ccccc2C(=O)NCC(F)(F)F)cc1OC. The molecule has 2 amide bonds. The summed E-state index contributed by atoms with van der Waals surface area (Å²) in [5.41, 5.74) is 0.0380. The first-order valence-corrected chi connectivity index (χ1v) is 8.79. The Hall–Kier alpha value is -2.94. The third-order valence-corrected chi connectivity index (χ3v) is 3.93. The molecular formula is C19H18ClF3N2O4. The van der Waals surface area contributed by atoms with Crippen molar-refractivity contribution in [1.29, 1.82) is 0 Å². The van der Waals surface area contributed by atoms with Gasteiger partial charge in [-0.2, -0.15) is 13.2 Å². The van der Waals surface area contributed by atoms with E-state index in [1.807, 2.05) is 0 Å². The fraction of sp³-hybridized carbons (Fsp3) is 0.263. The van der Waals surface area contributed by atoms with Gasteiger partial charge in [0.05, 0.1) is 30.0 Å². The van der Waals surface area contributed by atoms with Crippen LogP contribution in [0.4, 0.5) is 18.9 Å². The summed E-state index contributed by atoms with van der Waals surface area (Å²) in [5.74, 6) is -1.09. The number of anilines is 1. The molecule has 29 heavy (non-hydrogen) atoms. The number of carbonyl (C=O) groups excluding carboxylic acids is 2. The summed E-state index contributed by atoms with van der Waals surface area (Å²) < 4.78 is 47.6. The van der Waals surface area contributed by atoms with Crippen molar-refractivity contribution in [1.82, 2.24) is 5.32 Å². The van der Waals surface area contributed by atoms with Gasteiger partial charge in [-0.05, 0) is 31.2 Å². The van der Waals surface area contributed by atoms with E-state index in [4.69, 9.17) is 21.1 Å². The van der Waals surface area contributed by atoms with Crippen LogP contribution >= 0.6 is 11.6 Å². The largest absolute Gasteiger partial charge is 0.493 e. The highest BCUT2D eigenvalue weighted by Gasteiger charge is 2.28. The first-order valence-electron chi connectivity index (χ1n) is 8.42. The quantitative estimate of drug-likeness (QED) is 0.687. The number of carbonyl (C=O) groups is 2. The molecule has 0 saturated heterocycles. The molecule has 0 aliphatic heterocycles. The highest BCUT2D eigenvalue weighted by Crippen LogP contribution is 2.36. The number of hydrogen-bond acceptors (Lipinski definition) is 4. The minimum atomic E-state index is -4.55. The summed E-state index contributed by atoms with van der Waals surface area (Å²) in [6, 6.07) is 8.45. The van der Waals surface area contributed by atoms with Crippen LogP contribution in [0.25, 0.3) is 0 Å². The first-order chi connectivity index (χ1) is 13.7. The summed E-state index contributed by atoms with van der Waals surface area (Å²) >= 11 is 6.15. The predicted molar refractivity (Wildman–Crippen MR) is 102 cm³/mol. The van der Waals surface area contributed by atoms with E-state index in [0.717, 1.165) is 0 Å². The molecule has 0 aromatic heterocycles. The van der Waals surface area contributed by atoms with Gasteiger partial charge in [0.1, 0.15) is 6.54 Å². The van der Waals surface area contributed by atoms with Crippen LogP contribution in [-0.2, 0) is 0 Å². The van der Waals surface area contributed by atoms with Crippen molar-refractivity contribution < 1.29 is 32.2 Å². The summed E-state index contributed by atoms with van der Waals surface area (Å²) in [5, 5.41) is 4.41. The maximum Gasteiger partial charge on any atom is 0.405 e. The van der Waals surface area contributed by atoms with Gasteiger partial charge in [0, 0.05) is 5.56 Å². The number of para-hydroxylation sites is 1. The zero-order valence-electron chi connectivity index (χ0n) is 15.5. The maximum absolute atomic E-state index is 12.6. The van der Waals surface area contributed by atoms with Gasteiger partial charge < -0.3 is 20.1 Å². The van der Waals surface area contributed by atoms with E-state index in [2.05, 4.69) is 5.32 Å². The van der Waals surface area contributed by atoms with Gasteiger partial charge in [-0.3, -0.25) is 9.59 Å². The molecule has 0 saturated carbocycles. The Kier molecular flexibility index (Phi) is 7.33. The van der Waals surface area contributed by atoms with Crippen molar-refractivity contribution in [2.24, 2.45) is 0 Å². The van der Waals surface area contributed by atoms with Crippen LogP contribution in [0.3, 0.4) is 0 Å². The van der Waals surface area contributed by atoms with Crippen LogP contribution < -0.4 is 20.1 Å². The normalized spacial score (nSPS) is 11.0. The number of rotatable bonds is 7. The lowest BCUT2D eigenvalue weighted by Gasteiger charge is -2.15. The first kappa shape index (κ1) is 22.4. The standard InChI is InChI=1S/C19H18ClF3N2O4/c1-3-29-16-13(20)8-11(9-15(16)28-2)17(26)25-14-7-5-4-6-12(14)18(27)24-10-19(21,22)23/h4-9H,3,10H2,1-2H3,(H,24,27)(H,25,26). The zero-order chi connectivity index (χ0) is 21.6. The van der Waals surface area contributed by atoms with Gasteiger partial charge in [-0.15, -0.1) is 0 Å². The molecule has 2 aromatic rings. The lowest BCUT2D eigenvalue weighted by atomic mass is 10.1. The molecule has 2 aromatic carbocycles. The second kappa shape index (κ2) is 9.51. The summed E-state index contributed by atoms with van der Waals surface area (Å²) in [7, 11) is 1.39. The number of hydrogen-bond donors (Lipinski definition) is 2. The number of alkyl halides is 3. The molecule has 0 fully saturated rings. The van der Waals surface area contributed by atoms with E-state index in [1.165, 1.54) is 43.5 Å². The fourth-order valence-electron chi connectivity index (χ4n) is 2.40. The molecule has 0 aliphatic rings. The van der Waals surface area contributed by atoms with E-state index in [0.29, 0.717) is 6.61 Å². The Balaban J connectivity index is 2.26. The Morgan fingerprint density at radius 3 is 2.45 bits per heavy atom. The minimum absolute atomic E-state index is 0.0427. The van der Waals surface area contributed by atoms with Crippen molar-refractivity contribution in [3.8, 4) is 11.5 Å². The number of halogens is 4. The van der Waals surface area contributed by atoms with Crippen LogP contribution in [0.5, 0.6) is 11.5 Å². The molecular weight excluding hydrogens is 413 g/mol. The molecule has 2 rings (SSSR count). The summed E-state index contributed by atoms with van der Waals surface area (Å²) in [4.78, 5) is 24.7. The Labute approximate surface area is 169 Å². The molecule has 0 bridgehead atoms. The molecule has 0 spiro atoms. The Morgan fingerprint density at radius 1 is 1.14 bits per heavy atom. The van der Waals surface area contributed by atoms with Crippen molar-refractivity contribution >= 4 is 29.1 Å². The highest BCUT2D eigenvalue weighted by molar-refractivity contribution is 6.32. The average molecular weight is 431 g/mol. The Morgan fingerprint density at radius 2 is 1.83 bits per heavy atom. The highest BCUT2D eigenvalue weighted by atomic mass is 35.5. The van der Waals surface area contributed by atoms with Crippen molar-refractivity contribution in [2.45, 2.75) is 13.1 Å². The van der Waals surface area contributed by atoms with E-state index in [-0.39, 0.29) is 33.3 Å². The number of nitrogens with one attached hydrogen (secondary N) is 2. The fourth-order valence-corrected chi connectivity index (χ4v) is 2.66. The van der Waals surface area contributed by atoms with Crippen molar-refractivity contribution in [2.75, 3.05) is 25.6 Å². The smallest absolute Gasteiger partial charge is 0.405 e. The molecule has 10 heteroatoms. The molecule has 0 heterocycles. The molecule has 156 valence electrons. The number of benzene rings is 2. The monoisotopic (exact) mass is 430 g/mol. The number of amides is 2.